The Balaban J connectivity index is 1.47. The number of hydrogen-bond donors (Lipinski definition) is 2. The maximum atomic E-state index is 12.9. The summed E-state index contributed by atoms with van der Waals surface area (Å²) in [4.78, 5) is 34.4. The van der Waals surface area contributed by atoms with Crippen molar-refractivity contribution < 1.29 is 9.59 Å². The minimum atomic E-state index is -0.273. The molecule has 2 N–H and O–H groups in total. The fraction of sp³-hybridized carbons (Fsp3) is 0.524. The van der Waals surface area contributed by atoms with E-state index in [1.165, 1.54) is 19.3 Å². The van der Waals surface area contributed by atoms with E-state index in [-0.39, 0.29) is 17.6 Å². The summed E-state index contributed by atoms with van der Waals surface area (Å²) in [5.74, 6) is 0.290. The van der Waals surface area contributed by atoms with Gasteiger partial charge in [0.25, 0.3) is 5.91 Å². The van der Waals surface area contributed by atoms with Crippen LogP contribution in [0.3, 0.4) is 0 Å². The number of rotatable bonds is 5. The molecule has 6 nitrogen and oxygen atoms in total. The summed E-state index contributed by atoms with van der Waals surface area (Å²) in [6.45, 7) is 1.71. The van der Waals surface area contributed by atoms with Gasteiger partial charge in [0.1, 0.15) is 5.69 Å². The van der Waals surface area contributed by atoms with E-state index in [1.54, 1.807) is 29.8 Å². The molecule has 2 fully saturated rings. The molecule has 1 saturated heterocycles. The highest BCUT2D eigenvalue weighted by Crippen LogP contribution is 2.34. The third-order valence-corrected chi connectivity index (χ3v) is 6.76. The average Bonchev–Trinajstić information content (AvgIpc) is 3.25. The number of hydrogen-bond acceptors (Lipinski definition) is 6. The van der Waals surface area contributed by atoms with Crippen LogP contribution in [0.1, 0.15) is 76.7 Å². The minimum Gasteiger partial charge on any atom is -0.319 e. The topological polar surface area (TPSA) is 84.0 Å². The fourth-order valence-corrected chi connectivity index (χ4v) is 5.10. The summed E-state index contributed by atoms with van der Waals surface area (Å²) in [5.41, 5.74) is 1.44. The highest BCUT2D eigenvalue weighted by molar-refractivity contribution is 7.10. The van der Waals surface area contributed by atoms with E-state index >= 15 is 0 Å². The predicted octanol–water partition coefficient (Wildman–Crippen LogP) is 4.02. The molecule has 4 rings (SSSR count). The van der Waals surface area contributed by atoms with E-state index in [0.29, 0.717) is 22.9 Å². The van der Waals surface area contributed by atoms with Crippen LogP contribution in [0.4, 0.5) is 5.69 Å². The fourth-order valence-electron chi connectivity index (χ4n) is 4.13. The molecule has 1 amide bonds. The van der Waals surface area contributed by atoms with Gasteiger partial charge < -0.3 is 10.6 Å². The van der Waals surface area contributed by atoms with Gasteiger partial charge in [0.15, 0.2) is 5.78 Å². The number of ketones is 1. The molecule has 0 bridgehead atoms. The second-order valence-corrected chi connectivity index (χ2v) is 8.56. The van der Waals surface area contributed by atoms with Crippen molar-refractivity contribution in [2.24, 2.45) is 5.92 Å². The van der Waals surface area contributed by atoms with Gasteiger partial charge in [-0.05, 0) is 44.8 Å². The first-order chi connectivity index (χ1) is 13.7. The molecule has 2 aromatic rings. The first-order valence-electron chi connectivity index (χ1n) is 10.2. The Morgan fingerprint density at radius 1 is 1.11 bits per heavy atom. The monoisotopic (exact) mass is 398 g/mol. The van der Waals surface area contributed by atoms with Gasteiger partial charge in [-0.3, -0.25) is 14.6 Å². The third kappa shape index (κ3) is 4.31. The lowest BCUT2D eigenvalue weighted by Gasteiger charge is -2.22. The van der Waals surface area contributed by atoms with E-state index in [9.17, 15) is 9.59 Å². The van der Waals surface area contributed by atoms with Gasteiger partial charge in [0.05, 0.1) is 16.9 Å². The predicted molar refractivity (Wildman–Crippen MR) is 110 cm³/mol. The molecule has 0 unspecified atom stereocenters. The summed E-state index contributed by atoms with van der Waals surface area (Å²) in [6.07, 6.45) is 10.9. The number of amides is 1. The largest absolute Gasteiger partial charge is 0.319 e. The molecule has 0 atom stereocenters. The van der Waals surface area contributed by atoms with Gasteiger partial charge in [-0.1, -0.05) is 19.3 Å². The summed E-state index contributed by atoms with van der Waals surface area (Å²) >= 11 is 1.57. The van der Waals surface area contributed by atoms with E-state index < -0.39 is 0 Å². The van der Waals surface area contributed by atoms with Crippen molar-refractivity contribution in [1.82, 2.24) is 15.3 Å². The van der Waals surface area contributed by atoms with Crippen LogP contribution in [0, 0.1) is 5.92 Å². The van der Waals surface area contributed by atoms with E-state index in [0.717, 1.165) is 43.8 Å². The van der Waals surface area contributed by atoms with Gasteiger partial charge in [0.2, 0.25) is 0 Å². The van der Waals surface area contributed by atoms with Gasteiger partial charge >= 0.3 is 0 Å². The minimum absolute atomic E-state index is 0.00326. The number of nitrogens with one attached hydrogen (secondary N) is 2. The first kappa shape index (κ1) is 19.2. The number of thiazole rings is 1. The Labute approximate surface area is 169 Å². The van der Waals surface area contributed by atoms with Crippen LogP contribution in [0.2, 0.25) is 0 Å². The summed E-state index contributed by atoms with van der Waals surface area (Å²) in [5, 5.41) is 9.03. The van der Waals surface area contributed by atoms with Crippen molar-refractivity contribution in [3.05, 3.63) is 40.1 Å². The number of anilines is 1. The molecule has 1 saturated carbocycles. The molecular formula is C21H26N4O2S. The van der Waals surface area contributed by atoms with E-state index in [2.05, 4.69) is 20.6 Å². The summed E-state index contributed by atoms with van der Waals surface area (Å²) < 4.78 is 0. The summed E-state index contributed by atoms with van der Waals surface area (Å²) in [6, 6.07) is 1.70. The number of Topliss-reactive ketones (excluding diaryl/α,β-unsaturated/α-hetero) is 1. The molecule has 0 aromatic carbocycles. The van der Waals surface area contributed by atoms with Crippen molar-refractivity contribution in [2.45, 2.75) is 50.9 Å². The van der Waals surface area contributed by atoms with Crippen LogP contribution in [-0.4, -0.2) is 34.7 Å². The van der Waals surface area contributed by atoms with Crippen LogP contribution in [0.5, 0.6) is 0 Å². The SMILES string of the molecule is O=C(Nc1cnccc1C(=O)C1CCNCC1)c1csc(C2CCCCC2)n1. The van der Waals surface area contributed by atoms with Crippen LogP contribution >= 0.6 is 11.3 Å². The zero-order valence-electron chi connectivity index (χ0n) is 15.9. The number of pyridine rings is 1. The maximum Gasteiger partial charge on any atom is 0.275 e. The molecule has 0 radical (unpaired) electrons. The molecule has 3 heterocycles. The summed E-state index contributed by atoms with van der Waals surface area (Å²) in [7, 11) is 0. The second kappa shape index (κ2) is 8.92. The van der Waals surface area contributed by atoms with Crippen LogP contribution in [-0.2, 0) is 0 Å². The van der Waals surface area contributed by atoms with E-state index in [4.69, 9.17) is 0 Å². The van der Waals surface area contributed by atoms with Crippen molar-refractivity contribution >= 4 is 28.7 Å². The Bertz CT molecular complexity index is 838. The molecule has 28 heavy (non-hydrogen) atoms. The van der Waals surface area contributed by atoms with Crippen molar-refractivity contribution in [2.75, 3.05) is 18.4 Å². The maximum absolute atomic E-state index is 12.9. The Kier molecular flexibility index (Phi) is 6.12. The molecule has 1 aliphatic heterocycles. The molecule has 1 aliphatic carbocycles. The molecule has 2 aromatic heterocycles. The third-order valence-electron chi connectivity index (χ3n) is 5.75. The highest BCUT2D eigenvalue weighted by Gasteiger charge is 2.25. The number of carbonyl (C=O) groups excluding carboxylic acids is 2. The Hall–Kier alpha value is -2.12. The lowest BCUT2D eigenvalue weighted by molar-refractivity contribution is 0.0896. The van der Waals surface area contributed by atoms with Gasteiger partial charge in [-0.2, -0.15) is 0 Å². The van der Waals surface area contributed by atoms with Crippen LogP contribution in [0.15, 0.2) is 23.8 Å². The molecule has 2 aliphatic rings. The van der Waals surface area contributed by atoms with Crippen molar-refractivity contribution in [3.63, 3.8) is 0 Å². The number of aromatic nitrogens is 2. The lowest BCUT2D eigenvalue weighted by Crippen LogP contribution is -2.32. The molecule has 7 heteroatoms. The smallest absolute Gasteiger partial charge is 0.275 e. The number of carbonyl (C=O) groups is 2. The molecular weight excluding hydrogens is 372 g/mol. The lowest BCUT2D eigenvalue weighted by atomic mass is 9.89. The number of piperidine rings is 1. The Morgan fingerprint density at radius 2 is 1.89 bits per heavy atom. The normalized spacial score (nSPS) is 18.7. The quantitative estimate of drug-likeness (QED) is 0.743. The zero-order valence-corrected chi connectivity index (χ0v) is 16.8. The second-order valence-electron chi connectivity index (χ2n) is 7.67. The van der Waals surface area contributed by atoms with Gasteiger partial charge in [0, 0.05) is 29.0 Å². The number of nitrogens with zero attached hydrogens (tertiary/aromatic N) is 2. The van der Waals surface area contributed by atoms with Gasteiger partial charge in [-0.25, -0.2) is 4.98 Å². The molecule has 148 valence electrons. The standard InChI is InChI=1S/C21H26N4O2S/c26-19(14-6-9-22-10-7-14)16-8-11-23-12-17(16)24-20(27)18-13-28-21(25-18)15-4-2-1-3-5-15/h8,11-15,22H,1-7,9-10H2,(H,24,27). The van der Waals surface area contributed by atoms with Crippen LogP contribution in [0.25, 0.3) is 0 Å². The molecule has 0 spiro atoms. The van der Waals surface area contributed by atoms with Crippen LogP contribution < -0.4 is 10.6 Å². The van der Waals surface area contributed by atoms with Crippen molar-refractivity contribution in [1.29, 1.82) is 0 Å². The van der Waals surface area contributed by atoms with Crippen molar-refractivity contribution in [3.8, 4) is 0 Å². The average molecular weight is 399 g/mol. The Morgan fingerprint density at radius 3 is 2.68 bits per heavy atom. The van der Waals surface area contributed by atoms with Gasteiger partial charge in [-0.15, -0.1) is 11.3 Å². The van der Waals surface area contributed by atoms with E-state index in [1.807, 2.05) is 5.38 Å². The first-order valence-corrected chi connectivity index (χ1v) is 11.1. The zero-order chi connectivity index (χ0) is 19.3. The highest BCUT2D eigenvalue weighted by atomic mass is 32.1.